The molecule has 0 saturated heterocycles. The first kappa shape index (κ1) is 12.1. The number of benzene rings is 1. The van der Waals surface area contributed by atoms with Crippen LogP contribution in [0.5, 0.6) is 0 Å². The standard InChI is InChI=1S/C14H14F2N2O/c1-17(2)14-10(15)7-9-11(19)5-6-18(8-3-4-8)13(9)12(14)16/h5-8H,3-4H2,1-2H3. The number of nitrogens with zero attached hydrogens (tertiary/aromatic N) is 2. The van der Waals surface area contributed by atoms with Crippen molar-refractivity contribution in [3.05, 3.63) is 40.2 Å². The van der Waals surface area contributed by atoms with Gasteiger partial charge < -0.3 is 9.47 Å². The van der Waals surface area contributed by atoms with Crippen molar-refractivity contribution in [1.29, 1.82) is 0 Å². The maximum absolute atomic E-state index is 14.6. The van der Waals surface area contributed by atoms with Crippen LogP contribution in [-0.2, 0) is 0 Å². The Kier molecular flexibility index (Phi) is 2.59. The predicted molar refractivity (Wildman–Crippen MR) is 70.7 cm³/mol. The van der Waals surface area contributed by atoms with Crippen molar-refractivity contribution < 1.29 is 8.78 Å². The molecule has 2 aromatic rings. The van der Waals surface area contributed by atoms with Gasteiger partial charge in [-0.05, 0) is 18.9 Å². The van der Waals surface area contributed by atoms with E-state index in [1.54, 1.807) is 24.9 Å². The second-order valence-corrected chi connectivity index (χ2v) is 5.13. The average molecular weight is 264 g/mol. The van der Waals surface area contributed by atoms with Crippen LogP contribution >= 0.6 is 0 Å². The summed E-state index contributed by atoms with van der Waals surface area (Å²) in [7, 11) is 3.16. The first-order valence-corrected chi connectivity index (χ1v) is 6.21. The highest BCUT2D eigenvalue weighted by molar-refractivity contribution is 5.84. The molecule has 1 aliphatic carbocycles. The Morgan fingerprint density at radius 3 is 2.58 bits per heavy atom. The molecule has 1 aromatic heterocycles. The number of aromatic nitrogens is 1. The fourth-order valence-electron chi connectivity index (χ4n) is 2.42. The van der Waals surface area contributed by atoms with Gasteiger partial charge in [-0.3, -0.25) is 4.79 Å². The van der Waals surface area contributed by atoms with Crippen LogP contribution in [0, 0.1) is 11.6 Å². The fraction of sp³-hybridized carbons (Fsp3) is 0.357. The third-order valence-corrected chi connectivity index (χ3v) is 3.47. The van der Waals surface area contributed by atoms with Crippen molar-refractivity contribution in [2.24, 2.45) is 0 Å². The van der Waals surface area contributed by atoms with Crippen LogP contribution in [-0.4, -0.2) is 18.7 Å². The van der Waals surface area contributed by atoms with E-state index in [9.17, 15) is 13.6 Å². The molecule has 1 aliphatic rings. The van der Waals surface area contributed by atoms with Crippen molar-refractivity contribution >= 4 is 16.6 Å². The van der Waals surface area contributed by atoms with Gasteiger partial charge in [0.25, 0.3) is 0 Å². The minimum absolute atomic E-state index is 0.104. The highest BCUT2D eigenvalue weighted by Crippen LogP contribution is 2.38. The molecule has 0 atom stereocenters. The van der Waals surface area contributed by atoms with E-state index in [1.165, 1.54) is 11.0 Å². The minimum Gasteiger partial charge on any atom is -0.373 e. The van der Waals surface area contributed by atoms with Crippen LogP contribution in [0.1, 0.15) is 18.9 Å². The third kappa shape index (κ3) is 1.80. The second-order valence-electron chi connectivity index (χ2n) is 5.13. The van der Waals surface area contributed by atoms with Gasteiger partial charge in [-0.15, -0.1) is 0 Å². The largest absolute Gasteiger partial charge is 0.373 e. The lowest BCUT2D eigenvalue weighted by atomic mass is 10.1. The Morgan fingerprint density at radius 1 is 1.32 bits per heavy atom. The van der Waals surface area contributed by atoms with Crippen LogP contribution in [0.15, 0.2) is 23.1 Å². The molecule has 0 aliphatic heterocycles. The monoisotopic (exact) mass is 264 g/mol. The summed E-state index contributed by atoms with van der Waals surface area (Å²) in [6.45, 7) is 0. The molecule has 0 bridgehead atoms. The Hall–Kier alpha value is -1.91. The number of fused-ring (bicyclic) bond motifs is 1. The summed E-state index contributed by atoms with van der Waals surface area (Å²) in [6, 6.07) is 2.72. The number of pyridine rings is 1. The van der Waals surface area contributed by atoms with Crippen molar-refractivity contribution in [2.75, 3.05) is 19.0 Å². The lowest BCUT2D eigenvalue weighted by Gasteiger charge is -2.18. The quantitative estimate of drug-likeness (QED) is 0.833. The molecule has 0 radical (unpaired) electrons. The van der Waals surface area contributed by atoms with E-state index in [0.29, 0.717) is 0 Å². The molecular weight excluding hydrogens is 250 g/mol. The predicted octanol–water partition coefficient (Wildman–Crippen LogP) is 2.68. The van der Waals surface area contributed by atoms with E-state index in [4.69, 9.17) is 0 Å². The number of hydrogen-bond donors (Lipinski definition) is 0. The molecule has 3 rings (SSSR count). The molecule has 0 unspecified atom stereocenters. The number of halogens is 2. The average Bonchev–Trinajstić information content (AvgIpc) is 3.14. The van der Waals surface area contributed by atoms with E-state index in [-0.39, 0.29) is 28.1 Å². The molecule has 100 valence electrons. The molecule has 1 saturated carbocycles. The van der Waals surface area contributed by atoms with Gasteiger partial charge in [0, 0.05) is 32.4 Å². The smallest absolute Gasteiger partial charge is 0.189 e. The van der Waals surface area contributed by atoms with Crippen molar-refractivity contribution in [2.45, 2.75) is 18.9 Å². The highest BCUT2D eigenvalue weighted by Gasteiger charge is 2.27. The minimum atomic E-state index is -0.708. The molecule has 3 nitrogen and oxygen atoms in total. The van der Waals surface area contributed by atoms with Crippen LogP contribution in [0.4, 0.5) is 14.5 Å². The topological polar surface area (TPSA) is 25.2 Å². The van der Waals surface area contributed by atoms with E-state index < -0.39 is 11.6 Å². The van der Waals surface area contributed by atoms with Gasteiger partial charge in [-0.25, -0.2) is 8.78 Å². The Balaban J connectivity index is 2.45. The maximum atomic E-state index is 14.6. The van der Waals surface area contributed by atoms with Crippen LogP contribution < -0.4 is 10.3 Å². The van der Waals surface area contributed by atoms with Gasteiger partial charge >= 0.3 is 0 Å². The van der Waals surface area contributed by atoms with Crippen molar-refractivity contribution in [3.63, 3.8) is 0 Å². The third-order valence-electron chi connectivity index (χ3n) is 3.47. The summed E-state index contributed by atoms with van der Waals surface area (Å²) in [5, 5.41) is 0.106. The first-order valence-electron chi connectivity index (χ1n) is 6.21. The summed E-state index contributed by atoms with van der Waals surface area (Å²) < 4.78 is 30.2. The van der Waals surface area contributed by atoms with E-state index in [0.717, 1.165) is 18.9 Å². The van der Waals surface area contributed by atoms with Crippen LogP contribution in [0.25, 0.3) is 10.9 Å². The van der Waals surface area contributed by atoms with Crippen LogP contribution in [0.3, 0.4) is 0 Å². The van der Waals surface area contributed by atoms with Gasteiger partial charge in [-0.2, -0.15) is 0 Å². The molecule has 1 aromatic carbocycles. The molecule has 19 heavy (non-hydrogen) atoms. The summed E-state index contributed by atoms with van der Waals surface area (Å²) in [5.41, 5.74) is -0.248. The Labute approximate surface area is 109 Å². The number of anilines is 1. The zero-order valence-corrected chi connectivity index (χ0v) is 10.8. The van der Waals surface area contributed by atoms with Gasteiger partial charge in [0.2, 0.25) is 0 Å². The highest BCUT2D eigenvalue weighted by atomic mass is 19.1. The molecule has 0 amide bonds. The van der Waals surface area contributed by atoms with Crippen molar-refractivity contribution in [3.8, 4) is 0 Å². The first-order chi connectivity index (χ1) is 9.00. The number of hydrogen-bond acceptors (Lipinski definition) is 2. The zero-order valence-electron chi connectivity index (χ0n) is 10.8. The molecule has 5 heteroatoms. The summed E-state index contributed by atoms with van der Waals surface area (Å²) in [4.78, 5) is 13.2. The lowest BCUT2D eigenvalue weighted by molar-refractivity contribution is 0.582. The van der Waals surface area contributed by atoms with Gasteiger partial charge in [0.1, 0.15) is 11.5 Å². The lowest BCUT2D eigenvalue weighted by Crippen LogP contribution is -2.16. The second kappa shape index (κ2) is 4.05. The van der Waals surface area contributed by atoms with E-state index in [2.05, 4.69) is 0 Å². The van der Waals surface area contributed by atoms with Gasteiger partial charge in [-0.1, -0.05) is 0 Å². The summed E-state index contributed by atoms with van der Waals surface area (Å²) >= 11 is 0. The normalized spacial score (nSPS) is 14.9. The molecule has 0 N–H and O–H groups in total. The molecular formula is C14H14F2N2O. The SMILES string of the molecule is CN(C)c1c(F)cc2c(=O)ccn(C3CC3)c2c1F. The summed E-state index contributed by atoms with van der Waals surface area (Å²) in [5.74, 6) is -1.37. The Bertz CT molecular complexity index is 717. The van der Waals surface area contributed by atoms with Crippen molar-refractivity contribution in [1.82, 2.24) is 4.57 Å². The van der Waals surface area contributed by atoms with Gasteiger partial charge in [0.05, 0.1) is 10.9 Å². The number of rotatable bonds is 2. The summed E-state index contributed by atoms with van der Waals surface area (Å²) in [6.07, 6.45) is 3.53. The maximum Gasteiger partial charge on any atom is 0.189 e. The fourth-order valence-corrected chi connectivity index (χ4v) is 2.42. The molecule has 1 fully saturated rings. The zero-order chi connectivity index (χ0) is 13.7. The van der Waals surface area contributed by atoms with Crippen LogP contribution in [0.2, 0.25) is 0 Å². The Morgan fingerprint density at radius 2 is 2.00 bits per heavy atom. The molecule has 0 spiro atoms. The van der Waals surface area contributed by atoms with E-state index in [1.807, 2.05) is 0 Å². The molecule has 1 heterocycles. The van der Waals surface area contributed by atoms with E-state index >= 15 is 0 Å². The van der Waals surface area contributed by atoms with Gasteiger partial charge in [0.15, 0.2) is 11.2 Å².